The Balaban J connectivity index is 1.74. The lowest BCUT2D eigenvalue weighted by atomic mass is 10.1. The smallest absolute Gasteiger partial charge is 0.338 e. The predicted octanol–water partition coefficient (Wildman–Crippen LogP) is 3.20. The number of nitrogens with zero attached hydrogens (tertiary/aromatic N) is 4. The van der Waals surface area contributed by atoms with E-state index in [1.807, 2.05) is 54.2 Å². The van der Waals surface area contributed by atoms with Gasteiger partial charge in [0.25, 0.3) is 0 Å². The van der Waals surface area contributed by atoms with Gasteiger partial charge in [-0.3, -0.25) is 4.40 Å². The van der Waals surface area contributed by atoms with Crippen LogP contribution in [0.3, 0.4) is 0 Å². The molecule has 7 heteroatoms. The maximum atomic E-state index is 10.9. The van der Waals surface area contributed by atoms with Crippen LogP contribution in [0.1, 0.15) is 10.4 Å². The first-order chi connectivity index (χ1) is 12.7. The molecule has 0 saturated heterocycles. The van der Waals surface area contributed by atoms with Gasteiger partial charge in [-0.15, -0.1) is 0 Å². The Bertz CT molecular complexity index is 1100. The van der Waals surface area contributed by atoms with Crippen molar-refractivity contribution in [1.29, 1.82) is 0 Å². The lowest BCUT2D eigenvalue weighted by Gasteiger charge is -2.06. The molecule has 4 rings (SSSR count). The summed E-state index contributed by atoms with van der Waals surface area (Å²) in [4.78, 5) is 23.6. The number of anilines is 1. The normalized spacial score (nSPS) is 10.8. The van der Waals surface area contributed by atoms with Crippen LogP contribution in [-0.4, -0.2) is 37.5 Å². The molecule has 4 aromatic rings. The van der Waals surface area contributed by atoms with Gasteiger partial charge in [-0.25, -0.2) is 19.7 Å². The molecule has 0 spiro atoms. The van der Waals surface area contributed by atoms with Crippen molar-refractivity contribution in [1.82, 2.24) is 19.4 Å². The van der Waals surface area contributed by atoms with Gasteiger partial charge in [-0.05, 0) is 24.3 Å². The molecule has 0 aliphatic heterocycles. The average molecular weight is 345 g/mol. The maximum absolute atomic E-state index is 10.9. The molecule has 0 amide bonds. The van der Waals surface area contributed by atoms with Gasteiger partial charge in [0.1, 0.15) is 5.65 Å². The van der Waals surface area contributed by atoms with Gasteiger partial charge in [0.2, 0.25) is 0 Å². The molecule has 0 saturated carbocycles. The molecule has 0 atom stereocenters. The van der Waals surface area contributed by atoms with E-state index in [-0.39, 0.29) is 5.56 Å². The molecule has 0 aliphatic carbocycles. The topological polar surface area (TPSA) is 92.4 Å². The van der Waals surface area contributed by atoms with Crippen LogP contribution in [0.4, 0.5) is 5.69 Å². The first-order valence-corrected chi connectivity index (χ1v) is 7.97. The molecule has 0 fully saturated rings. The quantitative estimate of drug-likeness (QED) is 0.590. The molecule has 0 bridgehead atoms. The fourth-order valence-electron chi connectivity index (χ4n) is 2.75. The molecule has 3 heterocycles. The van der Waals surface area contributed by atoms with Crippen molar-refractivity contribution < 1.29 is 9.90 Å². The fraction of sp³-hybridized carbons (Fsp3) is 0.0526. The van der Waals surface area contributed by atoms with Crippen molar-refractivity contribution in [3.63, 3.8) is 0 Å². The fourth-order valence-corrected chi connectivity index (χ4v) is 2.75. The molecule has 128 valence electrons. The van der Waals surface area contributed by atoms with Crippen LogP contribution in [0.5, 0.6) is 0 Å². The Morgan fingerprint density at radius 2 is 1.85 bits per heavy atom. The summed E-state index contributed by atoms with van der Waals surface area (Å²) in [5.74, 6) is -0.590. The number of aromatic nitrogens is 4. The Kier molecular flexibility index (Phi) is 3.81. The standard InChI is InChI=1S/C19H15N5O2/c1-20-15-4-2-3-12(7-15)16-11-21-17-8-13(5-6-24(16)17)18-22-9-14(10-23-18)19(25)26/h2-11,20H,1H3,(H,25,26). The summed E-state index contributed by atoms with van der Waals surface area (Å²) in [6, 6.07) is 11.9. The van der Waals surface area contributed by atoms with Crippen molar-refractivity contribution in [2.45, 2.75) is 0 Å². The van der Waals surface area contributed by atoms with E-state index in [9.17, 15) is 4.79 Å². The van der Waals surface area contributed by atoms with Crippen molar-refractivity contribution in [3.05, 3.63) is 66.7 Å². The first-order valence-electron chi connectivity index (χ1n) is 7.97. The number of hydrogen-bond donors (Lipinski definition) is 2. The first kappa shape index (κ1) is 15.8. The van der Waals surface area contributed by atoms with Gasteiger partial charge >= 0.3 is 5.97 Å². The van der Waals surface area contributed by atoms with Crippen LogP contribution in [0, 0.1) is 0 Å². The van der Waals surface area contributed by atoms with E-state index in [1.54, 1.807) is 0 Å². The van der Waals surface area contributed by atoms with Crippen LogP contribution in [0.25, 0.3) is 28.3 Å². The van der Waals surface area contributed by atoms with Gasteiger partial charge in [0.15, 0.2) is 5.82 Å². The molecule has 2 N–H and O–H groups in total. The highest BCUT2D eigenvalue weighted by molar-refractivity contribution is 5.87. The number of carbonyl (C=O) groups is 1. The van der Waals surface area contributed by atoms with Gasteiger partial charge in [0.05, 0.1) is 17.5 Å². The molecule has 7 nitrogen and oxygen atoms in total. The highest BCUT2D eigenvalue weighted by Crippen LogP contribution is 2.25. The van der Waals surface area contributed by atoms with Gasteiger partial charge < -0.3 is 10.4 Å². The molecular formula is C19H15N5O2. The van der Waals surface area contributed by atoms with Crippen LogP contribution in [0.15, 0.2) is 61.2 Å². The number of aromatic carboxylic acids is 1. The van der Waals surface area contributed by atoms with Gasteiger partial charge in [-0.2, -0.15) is 0 Å². The van der Waals surface area contributed by atoms with E-state index in [1.165, 1.54) is 12.4 Å². The number of fused-ring (bicyclic) bond motifs is 1. The summed E-state index contributed by atoms with van der Waals surface area (Å²) in [5, 5.41) is 12.1. The zero-order valence-electron chi connectivity index (χ0n) is 13.9. The zero-order valence-corrected chi connectivity index (χ0v) is 13.9. The second kappa shape index (κ2) is 6.29. The molecule has 0 radical (unpaired) electrons. The van der Waals surface area contributed by atoms with Gasteiger partial charge in [-0.1, -0.05) is 12.1 Å². The van der Waals surface area contributed by atoms with Crippen LogP contribution in [-0.2, 0) is 0 Å². The molecule has 0 unspecified atom stereocenters. The van der Waals surface area contributed by atoms with Crippen LogP contribution in [0.2, 0.25) is 0 Å². The van der Waals surface area contributed by atoms with Crippen molar-refractivity contribution in [2.75, 3.05) is 12.4 Å². The largest absolute Gasteiger partial charge is 0.478 e. The predicted molar refractivity (Wildman–Crippen MR) is 98.2 cm³/mol. The number of nitrogens with one attached hydrogen (secondary N) is 1. The number of pyridine rings is 1. The minimum absolute atomic E-state index is 0.0577. The zero-order chi connectivity index (χ0) is 18.1. The number of rotatable bonds is 4. The molecule has 0 aliphatic rings. The molecule has 26 heavy (non-hydrogen) atoms. The van der Waals surface area contributed by atoms with Crippen molar-refractivity contribution >= 4 is 17.3 Å². The van der Waals surface area contributed by atoms with E-state index in [0.717, 1.165) is 28.2 Å². The number of imidazole rings is 1. The van der Waals surface area contributed by atoms with Crippen LogP contribution >= 0.6 is 0 Å². The Morgan fingerprint density at radius 3 is 2.58 bits per heavy atom. The minimum atomic E-state index is -1.05. The average Bonchev–Trinajstić information content (AvgIpc) is 3.11. The number of carboxylic acid groups (broad SMARTS) is 1. The number of carboxylic acids is 1. The maximum Gasteiger partial charge on any atom is 0.338 e. The molecule has 3 aromatic heterocycles. The minimum Gasteiger partial charge on any atom is -0.478 e. The lowest BCUT2D eigenvalue weighted by Crippen LogP contribution is -1.99. The van der Waals surface area contributed by atoms with E-state index in [4.69, 9.17) is 5.11 Å². The van der Waals surface area contributed by atoms with E-state index < -0.39 is 5.97 Å². The number of benzene rings is 1. The second-order valence-corrected chi connectivity index (χ2v) is 5.72. The summed E-state index contributed by atoms with van der Waals surface area (Å²) < 4.78 is 1.99. The van der Waals surface area contributed by atoms with Gasteiger partial charge in [0, 0.05) is 42.5 Å². The number of hydrogen-bond acceptors (Lipinski definition) is 5. The second-order valence-electron chi connectivity index (χ2n) is 5.72. The summed E-state index contributed by atoms with van der Waals surface area (Å²) in [5.41, 5.74) is 4.65. The SMILES string of the molecule is CNc1cccc(-c2cnc3cc(-c4ncc(C(=O)O)cn4)ccn23)c1. The Labute approximate surface area is 149 Å². The summed E-state index contributed by atoms with van der Waals surface area (Å²) in [6.07, 6.45) is 6.33. The highest BCUT2D eigenvalue weighted by atomic mass is 16.4. The summed E-state index contributed by atoms with van der Waals surface area (Å²) >= 11 is 0. The van der Waals surface area contributed by atoms with Crippen molar-refractivity contribution in [2.24, 2.45) is 0 Å². The highest BCUT2D eigenvalue weighted by Gasteiger charge is 2.10. The summed E-state index contributed by atoms with van der Waals surface area (Å²) in [6.45, 7) is 0. The third-order valence-corrected chi connectivity index (χ3v) is 4.12. The molecule has 1 aromatic carbocycles. The monoisotopic (exact) mass is 345 g/mol. The van der Waals surface area contributed by atoms with Crippen molar-refractivity contribution in [3.8, 4) is 22.6 Å². The Hall–Kier alpha value is -3.74. The summed E-state index contributed by atoms with van der Waals surface area (Å²) in [7, 11) is 1.88. The third-order valence-electron chi connectivity index (χ3n) is 4.12. The van der Waals surface area contributed by atoms with E-state index in [2.05, 4.69) is 26.3 Å². The lowest BCUT2D eigenvalue weighted by molar-refractivity contribution is 0.0696. The molecular weight excluding hydrogens is 330 g/mol. The van der Waals surface area contributed by atoms with E-state index >= 15 is 0 Å². The Morgan fingerprint density at radius 1 is 1.04 bits per heavy atom. The third kappa shape index (κ3) is 2.75. The van der Waals surface area contributed by atoms with E-state index in [0.29, 0.717) is 5.82 Å². The van der Waals surface area contributed by atoms with Crippen LogP contribution < -0.4 is 5.32 Å².